The van der Waals surface area contributed by atoms with Crippen LogP contribution in [0.1, 0.15) is 37.8 Å². The number of ether oxygens (including phenoxy) is 2. The summed E-state index contributed by atoms with van der Waals surface area (Å²) in [5, 5.41) is 0. The maximum absolute atomic E-state index is 13.5. The van der Waals surface area contributed by atoms with Crippen LogP contribution in [-0.4, -0.2) is 54.3 Å². The molecule has 2 aliphatic heterocycles. The van der Waals surface area contributed by atoms with Crippen molar-refractivity contribution >= 4 is 17.7 Å². The number of likely N-dealkylation sites (tertiary alicyclic amines) is 2. The molecule has 2 heterocycles. The van der Waals surface area contributed by atoms with Crippen LogP contribution in [0, 0.1) is 23.7 Å². The van der Waals surface area contributed by atoms with Crippen molar-refractivity contribution in [1.29, 1.82) is 0 Å². The zero-order valence-electron chi connectivity index (χ0n) is 18.1. The predicted molar refractivity (Wildman–Crippen MR) is 112 cm³/mol. The van der Waals surface area contributed by atoms with E-state index in [0.29, 0.717) is 18.0 Å². The summed E-state index contributed by atoms with van der Waals surface area (Å²) >= 11 is 0. The molecule has 1 aromatic carbocycles. The van der Waals surface area contributed by atoms with Gasteiger partial charge in [0.2, 0.25) is 17.7 Å². The summed E-state index contributed by atoms with van der Waals surface area (Å²) in [4.78, 5) is 42.8. The van der Waals surface area contributed by atoms with Crippen LogP contribution in [0.3, 0.4) is 0 Å². The van der Waals surface area contributed by atoms with Crippen molar-refractivity contribution in [2.45, 2.75) is 38.3 Å². The summed E-state index contributed by atoms with van der Waals surface area (Å²) < 4.78 is 10.7. The fourth-order valence-electron chi connectivity index (χ4n) is 6.09. The van der Waals surface area contributed by atoms with Gasteiger partial charge in [0.1, 0.15) is 6.04 Å². The van der Waals surface area contributed by atoms with Crippen molar-refractivity contribution < 1.29 is 23.9 Å². The first-order valence-corrected chi connectivity index (χ1v) is 11.0. The molecule has 7 nitrogen and oxygen atoms in total. The second-order valence-electron chi connectivity index (χ2n) is 9.03. The Morgan fingerprint density at radius 1 is 1.03 bits per heavy atom. The highest BCUT2D eigenvalue weighted by atomic mass is 16.5. The van der Waals surface area contributed by atoms with Gasteiger partial charge in [0, 0.05) is 6.54 Å². The summed E-state index contributed by atoms with van der Waals surface area (Å²) in [7, 11) is 3.18. The Kier molecular flexibility index (Phi) is 4.79. The second-order valence-corrected chi connectivity index (χ2v) is 9.03. The van der Waals surface area contributed by atoms with Crippen molar-refractivity contribution in [2.75, 3.05) is 20.8 Å². The van der Waals surface area contributed by atoms with Crippen molar-refractivity contribution in [1.82, 2.24) is 9.80 Å². The molecule has 3 amide bonds. The van der Waals surface area contributed by atoms with E-state index in [1.807, 2.05) is 23.1 Å². The Morgan fingerprint density at radius 2 is 1.68 bits per heavy atom. The number of benzene rings is 1. The smallest absolute Gasteiger partial charge is 0.246 e. The molecule has 0 N–H and O–H groups in total. The maximum Gasteiger partial charge on any atom is 0.246 e. The van der Waals surface area contributed by atoms with E-state index in [9.17, 15) is 14.4 Å². The van der Waals surface area contributed by atoms with Crippen LogP contribution in [0.5, 0.6) is 11.5 Å². The van der Waals surface area contributed by atoms with E-state index in [0.717, 1.165) is 24.8 Å². The Bertz CT molecular complexity index is 943. The molecule has 2 saturated heterocycles. The molecule has 1 aromatic rings. The van der Waals surface area contributed by atoms with E-state index in [4.69, 9.17) is 9.47 Å². The van der Waals surface area contributed by atoms with Crippen LogP contribution in [0.4, 0.5) is 0 Å². The van der Waals surface area contributed by atoms with Crippen LogP contribution >= 0.6 is 0 Å². The summed E-state index contributed by atoms with van der Waals surface area (Å²) in [6.45, 7) is 2.30. The topological polar surface area (TPSA) is 76.2 Å². The number of carbonyl (C=O) groups excluding carboxylic acids is 3. The lowest BCUT2D eigenvalue weighted by Crippen LogP contribution is -2.50. The van der Waals surface area contributed by atoms with Crippen molar-refractivity contribution in [3.05, 3.63) is 35.9 Å². The van der Waals surface area contributed by atoms with E-state index in [2.05, 4.69) is 12.2 Å². The van der Waals surface area contributed by atoms with Gasteiger partial charge in [-0.1, -0.05) is 18.2 Å². The van der Waals surface area contributed by atoms with Crippen molar-refractivity contribution in [3.8, 4) is 11.5 Å². The normalized spacial score (nSPS) is 32.0. The molecule has 3 fully saturated rings. The third-order valence-corrected chi connectivity index (χ3v) is 7.58. The van der Waals surface area contributed by atoms with Gasteiger partial charge in [0.15, 0.2) is 11.5 Å². The quantitative estimate of drug-likeness (QED) is 0.536. The number of hydrogen-bond acceptors (Lipinski definition) is 5. The highest BCUT2D eigenvalue weighted by Gasteiger charge is 2.60. The van der Waals surface area contributed by atoms with Crippen LogP contribution in [0.15, 0.2) is 30.4 Å². The lowest BCUT2D eigenvalue weighted by molar-refractivity contribution is -0.152. The molecule has 7 heteroatoms. The average molecular weight is 424 g/mol. The van der Waals surface area contributed by atoms with Crippen LogP contribution in [0.25, 0.3) is 0 Å². The molecule has 5 rings (SSSR count). The third-order valence-electron chi connectivity index (χ3n) is 7.58. The molecule has 1 saturated carbocycles. The fourth-order valence-corrected chi connectivity index (χ4v) is 6.09. The van der Waals surface area contributed by atoms with Gasteiger partial charge in [-0.15, -0.1) is 0 Å². The first-order valence-electron chi connectivity index (χ1n) is 11.0. The molecule has 0 spiro atoms. The largest absolute Gasteiger partial charge is 0.493 e. The highest BCUT2D eigenvalue weighted by Crippen LogP contribution is 2.53. The molecule has 2 bridgehead atoms. The Hall–Kier alpha value is -2.83. The SMILES string of the molecule is COc1ccc([C@@H]2CCCN2C(=O)[C@H](C)N2C(=O)[C@H]3[C@H](C2=O)[C@H]2C=C[C@H]3C2)cc1OC. The number of imide groups is 1. The first-order chi connectivity index (χ1) is 15.0. The van der Waals surface area contributed by atoms with E-state index in [1.54, 1.807) is 21.1 Å². The minimum Gasteiger partial charge on any atom is -0.493 e. The summed E-state index contributed by atoms with van der Waals surface area (Å²) in [5.41, 5.74) is 0.967. The Labute approximate surface area is 182 Å². The van der Waals surface area contributed by atoms with Gasteiger partial charge in [-0.05, 0) is 55.7 Å². The van der Waals surface area contributed by atoms with Crippen LogP contribution < -0.4 is 9.47 Å². The highest BCUT2D eigenvalue weighted by molar-refractivity contribution is 6.09. The zero-order chi connectivity index (χ0) is 21.9. The molecule has 31 heavy (non-hydrogen) atoms. The van der Waals surface area contributed by atoms with Gasteiger partial charge in [0.05, 0.1) is 32.1 Å². The summed E-state index contributed by atoms with van der Waals surface area (Å²) in [5.74, 6) is 0.473. The lowest BCUT2D eigenvalue weighted by atomic mass is 9.85. The standard InChI is InChI=1S/C24H28N2O5/c1-13(26-23(28)20-15-6-7-16(11-15)21(20)24(26)29)22(27)25-10-4-5-17(25)14-8-9-18(30-2)19(12-14)31-3/h6-9,12-13,15-17,20-21H,4-5,10-11H2,1-3H3/t13-,15-,16-,17-,20+,21+/m0/s1. The number of carbonyl (C=O) groups is 3. The van der Waals surface area contributed by atoms with Gasteiger partial charge < -0.3 is 14.4 Å². The van der Waals surface area contributed by atoms with Gasteiger partial charge in [-0.25, -0.2) is 0 Å². The molecule has 4 aliphatic rings. The minimum absolute atomic E-state index is 0.111. The van der Waals surface area contributed by atoms with Crippen molar-refractivity contribution in [2.24, 2.45) is 23.7 Å². The molecule has 0 unspecified atom stereocenters. The van der Waals surface area contributed by atoms with Gasteiger partial charge >= 0.3 is 0 Å². The zero-order valence-corrected chi connectivity index (χ0v) is 18.1. The maximum atomic E-state index is 13.5. The number of nitrogens with zero attached hydrogens (tertiary/aromatic N) is 2. The fraction of sp³-hybridized carbons (Fsp3) is 0.542. The number of hydrogen-bond donors (Lipinski definition) is 0. The second kappa shape index (κ2) is 7.39. The van der Waals surface area contributed by atoms with E-state index in [1.165, 1.54) is 4.90 Å². The van der Waals surface area contributed by atoms with Crippen LogP contribution in [0.2, 0.25) is 0 Å². The molecule has 164 valence electrons. The van der Waals surface area contributed by atoms with E-state index in [-0.39, 0.29) is 47.4 Å². The van der Waals surface area contributed by atoms with E-state index < -0.39 is 6.04 Å². The molecular weight excluding hydrogens is 396 g/mol. The predicted octanol–water partition coefficient (Wildman–Crippen LogP) is 2.56. The summed E-state index contributed by atoms with van der Waals surface area (Å²) in [6.07, 6.45) is 6.73. The molecular formula is C24H28N2O5. The van der Waals surface area contributed by atoms with Gasteiger partial charge in [0.25, 0.3) is 0 Å². The minimum atomic E-state index is -0.786. The number of rotatable bonds is 5. The first kappa shape index (κ1) is 20.1. The molecule has 0 aromatic heterocycles. The lowest BCUT2D eigenvalue weighted by Gasteiger charge is -2.31. The Balaban J connectivity index is 1.37. The third kappa shape index (κ3) is 2.89. The number of amides is 3. The monoisotopic (exact) mass is 424 g/mol. The number of methoxy groups -OCH3 is 2. The number of allylic oxidation sites excluding steroid dienone is 2. The van der Waals surface area contributed by atoms with Crippen LogP contribution in [-0.2, 0) is 14.4 Å². The molecule has 0 radical (unpaired) electrons. The molecule has 6 atom stereocenters. The average Bonchev–Trinajstić information content (AvgIpc) is 3.56. The van der Waals surface area contributed by atoms with Crippen molar-refractivity contribution in [3.63, 3.8) is 0 Å². The molecule has 2 aliphatic carbocycles. The van der Waals surface area contributed by atoms with Gasteiger partial charge in [-0.2, -0.15) is 0 Å². The van der Waals surface area contributed by atoms with E-state index >= 15 is 0 Å². The number of fused-ring (bicyclic) bond motifs is 5. The van der Waals surface area contributed by atoms with Gasteiger partial charge in [-0.3, -0.25) is 19.3 Å². The Morgan fingerprint density at radius 3 is 2.29 bits per heavy atom. The summed E-state index contributed by atoms with van der Waals surface area (Å²) in [6, 6.07) is 4.79.